The second-order valence-corrected chi connectivity index (χ2v) is 4.43. The number of nitrogens with one attached hydrogen (secondary N) is 2. The van der Waals surface area contributed by atoms with Gasteiger partial charge < -0.3 is 5.73 Å². The number of nitrogens with two attached hydrogens (primary N) is 1. The molecular formula is C11H15BrN4O. The van der Waals surface area contributed by atoms with Gasteiger partial charge in [-0.1, -0.05) is 15.9 Å². The number of carbonyl (C=O) groups excluding carboxylic acids is 1. The number of urea groups is 1. The van der Waals surface area contributed by atoms with E-state index in [0.29, 0.717) is 6.54 Å². The van der Waals surface area contributed by atoms with Crippen LogP contribution in [0.1, 0.15) is 12.5 Å². The Morgan fingerprint density at radius 3 is 2.71 bits per heavy atom. The summed E-state index contributed by atoms with van der Waals surface area (Å²) in [5.74, 6) is -0.358. The number of benzene rings is 1. The first-order valence-corrected chi connectivity index (χ1v) is 5.93. The molecule has 92 valence electrons. The molecule has 1 rings (SSSR count). The molecule has 0 saturated heterocycles. The van der Waals surface area contributed by atoms with Crippen molar-refractivity contribution in [3.05, 3.63) is 28.2 Å². The van der Waals surface area contributed by atoms with Crippen molar-refractivity contribution >= 4 is 33.6 Å². The summed E-state index contributed by atoms with van der Waals surface area (Å²) in [4.78, 5) is 13.3. The Balaban J connectivity index is 3.01. The topological polar surface area (TPSA) is 82.2 Å². The third kappa shape index (κ3) is 3.45. The van der Waals surface area contributed by atoms with E-state index in [0.717, 1.165) is 15.7 Å². The quantitative estimate of drug-likeness (QED) is 0.578. The summed E-state index contributed by atoms with van der Waals surface area (Å²) >= 11 is 3.37. The molecule has 0 unspecified atom stereocenters. The fourth-order valence-corrected chi connectivity index (χ4v) is 2.00. The summed E-state index contributed by atoms with van der Waals surface area (Å²) < 4.78 is 0.960. The van der Waals surface area contributed by atoms with Crippen LogP contribution in [0.5, 0.6) is 0 Å². The van der Waals surface area contributed by atoms with Crippen molar-refractivity contribution in [2.75, 3.05) is 11.4 Å². The highest BCUT2D eigenvalue weighted by Gasteiger charge is 2.16. The second kappa shape index (κ2) is 5.67. The van der Waals surface area contributed by atoms with Crippen LogP contribution in [0, 0.1) is 12.3 Å². The number of rotatable bonds is 2. The molecule has 0 aliphatic carbocycles. The number of halogens is 1. The Kier molecular flexibility index (Phi) is 4.51. The molecule has 0 bridgehead atoms. The van der Waals surface area contributed by atoms with E-state index in [2.05, 4.69) is 21.2 Å². The molecule has 1 aromatic rings. The molecule has 0 atom stereocenters. The van der Waals surface area contributed by atoms with Crippen LogP contribution in [0.2, 0.25) is 0 Å². The zero-order valence-corrected chi connectivity index (χ0v) is 11.3. The SMILES string of the molecule is CCN(C(=O)NC(=N)N)c1ccc(Br)cc1C. The van der Waals surface area contributed by atoms with Gasteiger partial charge in [0.05, 0.1) is 0 Å². The van der Waals surface area contributed by atoms with Crippen molar-refractivity contribution in [2.45, 2.75) is 13.8 Å². The normalized spacial score (nSPS) is 9.82. The van der Waals surface area contributed by atoms with Gasteiger partial charge in [-0.15, -0.1) is 0 Å². The van der Waals surface area contributed by atoms with Gasteiger partial charge in [-0.3, -0.25) is 15.6 Å². The van der Waals surface area contributed by atoms with Gasteiger partial charge in [0.25, 0.3) is 0 Å². The standard InChI is InChI=1S/C11H15BrN4O/c1-3-16(11(17)15-10(13)14)9-5-4-8(12)6-7(9)2/h4-6H,3H2,1-2H3,(H4,13,14,15,17). The number of hydrogen-bond donors (Lipinski definition) is 3. The van der Waals surface area contributed by atoms with Gasteiger partial charge in [0.15, 0.2) is 5.96 Å². The first kappa shape index (κ1) is 13.5. The third-order valence-electron chi connectivity index (χ3n) is 2.25. The predicted octanol–water partition coefficient (Wildman–Crippen LogP) is 2.19. The van der Waals surface area contributed by atoms with Crippen molar-refractivity contribution in [1.82, 2.24) is 5.32 Å². The van der Waals surface area contributed by atoms with Crippen LogP contribution in [-0.2, 0) is 0 Å². The summed E-state index contributed by atoms with van der Waals surface area (Å²) in [6.07, 6.45) is 0. The number of amides is 2. The number of hydrogen-bond acceptors (Lipinski definition) is 2. The third-order valence-corrected chi connectivity index (χ3v) is 2.75. The fourth-order valence-electron chi connectivity index (χ4n) is 1.53. The minimum atomic E-state index is -0.398. The zero-order valence-electron chi connectivity index (χ0n) is 9.75. The van der Waals surface area contributed by atoms with Crippen molar-refractivity contribution in [3.8, 4) is 0 Å². The molecule has 0 aliphatic heterocycles. The maximum atomic E-state index is 11.8. The van der Waals surface area contributed by atoms with Crippen molar-refractivity contribution in [1.29, 1.82) is 5.41 Å². The van der Waals surface area contributed by atoms with Gasteiger partial charge in [0, 0.05) is 16.7 Å². The lowest BCUT2D eigenvalue weighted by molar-refractivity contribution is 0.250. The lowest BCUT2D eigenvalue weighted by Gasteiger charge is -2.23. The van der Waals surface area contributed by atoms with Gasteiger partial charge >= 0.3 is 6.03 Å². The molecule has 2 amide bonds. The van der Waals surface area contributed by atoms with Crippen LogP contribution in [0.25, 0.3) is 0 Å². The molecule has 17 heavy (non-hydrogen) atoms. The van der Waals surface area contributed by atoms with E-state index >= 15 is 0 Å². The number of carbonyl (C=O) groups is 1. The highest BCUT2D eigenvalue weighted by Crippen LogP contribution is 2.23. The van der Waals surface area contributed by atoms with E-state index in [1.807, 2.05) is 32.0 Å². The molecule has 6 heteroatoms. The minimum Gasteiger partial charge on any atom is -0.370 e. The predicted molar refractivity (Wildman–Crippen MR) is 72.3 cm³/mol. The van der Waals surface area contributed by atoms with E-state index in [1.54, 1.807) is 0 Å². The molecule has 0 spiro atoms. The molecule has 5 nitrogen and oxygen atoms in total. The lowest BCUT2D eigenvalue weighted by Crippen LogP contribution is -2.45. The largest absolute Gasteiger partial charge is 0.370 e. The molecule has 0 fully saturated rings. The highest BCUT2D eigenvalue weighted by molar-refractivity contribution is 9.10. The first-order chi connectivity index (χ1) is 7.95. The van der Waals surface area contributed by atoms with E-state index in [1.165, 1.54) is 4.90 Å². The first-order valence-electron chi connectivity index (χ1n) is 5.14. The molecule has 0 heterocycles. The van der Waals surface area contributed by atoms with Gasteiger partial charge in [-0.05, 0) is 37.6 Å². The Hall–Kier alpha value is -1.56. The Bertz CT molecular complexity index is 447. The fraction of sp³-hybridized carbons (Fsp3) is 0.273. The number of nitrogens with zero attached hydrogens (tertiary/aromatic N) is 1. The summed E-state index contributed by atoms with van der Waals surface area (Å²) in [7, 11) is 0. The van der Waals surface area contributed by atoms with Gasteiger partial charge in [0.1, 0.15) is 0 Å². The maximum absolute atomic E-state index is 11.8. The summed E-state index contributed by atoms with van der Waals surface area (Å²) in [5.41, 5.74) is 6.92. The highest BCUT2D eigenvalue weighted by atomic mass is 79.9. The number of guanidine groups is 1. The number of aryl methyl sites for hydroxylation is 1. The minimum absolute atomic E-state index is 0.358. The molecular weight excluding hydrogens is 284 g/mol. The molecule has 0 saturated carbocycles. The number of anilines is 1. The summed E-state index contributed by atoms with van der Waals surface area (Å²) in [6.45, 7) is 4.28. The molecule has 4 N–H and O–H groups in total. The van der Waals surface area contributed by atoms with Crippen molar-refractivity contribution < 1.29 is 4.79 Å². The molecule has 0 aliphatic rings. The van der Waals surface area contributed by atoms with Gasteiger partial charge in [-0.2, -0.15) is 0 Å². The van der Waals surface area contributed by atoms with Gasteiger partial charge in [0.2, 0.25) is 0 Å². The van der Waals surface area contributed by atoms with E-state index in [4.69, 9.17) is 11.1 Å². The monoisotopic (exact) mass is 298 g/mol. The smallest absolute Gasteiger partial charge is 0.328 e. The van der Waals surface area contributed by atoms with E-state index < -0.39 is 6.03 Å². The van der Waals surface area contributed by atoms with Gasteiger partial charge in [-0.25, -0.2) is 4.79 Å². The Morgan fingerprint density at radius 2 is 2.24 bits per heavy atom. The average molecular weight is 299 g/mol. The average Bonchev–Trinajstić information content (AvgIpc) is 2.21. The zero-order chi connectivity index (χ0) is 13.0. The Labute approximate surface area is 109 Å². The molecule has 0 radical (unpaired) electrons. The van der Waals surface area contributed by atoms with Crippen LogP contribution in [0.3, 0.4) is 0 Å². The van der Waals surface area contributed by atoms with Crippen molar-refractivity contribution in [2.24, 2.45) is 5.73 Å². The van der Waals surface area contributed by atoms with Crippen LogP contribution in [0.15, 0.2) is 22.7 Å². The Morgan fingerprint density at radius 1 is 1.59 bits per heavy atom. The maximum Gasteiger partial charge on any atom is 0.328 e. The lowest BCUT2D eigenvalue weighted by atomic mass is 10.2. The second-order valence-electron chi connectivity index (χ2n) is 3.52. The summed E-state index contributed by atoms with van der Waals surface area (Å²) in [5, 5.41) is 9.33. The van der Waals surface area contributed by atoms with Crippen LogP contribution >= 0.6 is 15.9 Å². The van der Waals surface area contributed by atoms with Crippen LogP contribution in [0.4, 0.5) is 10.5 Å². The molecule has 0 aromatic heterocycles. The van der Waals surface area contributed by atoms with Crippen molar-refractivity contribution in [3.63, 3.8) is 0 Å². The van der Waals surface area contributed by atoms with E-state index in [9.17, 15) is 4.79 Å². The van der Waals surface area contributed by atoms with Crippen LogP contribution in [-0.4, -0.2) is 18.5 Å². The molecule has 1 aromatic carbocycles. The summed E-state index contributed by atoms with van der Waals surface area (Å²) in [6, 6.07) is 5.25. The van der Waals surface area contributed by atoms with E-state index in [-0.39, 0.29) is 5.96 Å². The van der Waals surface area contributed by atoms with Crippen LogP contribution < -0.4 is 16.0 Å².